The number of hydrogen-bond acceptors (Lipinski definition) is 6. The SMILES string of the molecule is CI.CSC(=S)Oc1cc(C)cc(C(F)(F)F)c1.Cc1cc(O)cc(C(F)(F)F)c1.II(I)I.O=C(O)c1cc(OC(F)(F)F)cc(C(F)(F)F)c1.[CH2-]C.[CH2-]C.[I][V]([I])[I].[I][V][I]. The summed E-state index contributed by atoms with van der Waals surface area (Å²) in [5.74, 6) is -3.28. The Morgan fingerprint density at radius 3 is 1.32 bits per heavy atom. The number of benzene rings is 3. The number of phenolic OH excluding ortho intramolecular Hbond substituents is 1. The minimum atomic E-state index is -5.21. The van der Waals surface area contributed by atoms with Gasteiger partial charge in [-0.25, -0.2) is 4.79 Å². The molecule has 0 radical (unpaired) electrons. The van der Waals surface area contributed by atoms with E-state index in [9.17, 15) is 57.5 Å². The molecule has 0 saturated carbocycles. The summed E-state index contributed by atoms with van der Waals surface area (Å²) in [5, 5.41) is 17.4. The monoisotopic (exact) mass is 2160 g/mol. The summed E-state index contributed by atoms with van der Waals surface area (Å²) < 4.78 is 155. The number of carboxylic acid groups (broad SMARTS) is 1. The number of thiocarbonyl (C=S) groups is 1. The zero-order chi connectivity index (χ0) is 51.7. The van der Waals surface area contributed by atoms with Crippen LogP contribution in [-0.2, 0) is 32.9 Å². The molecular weight excluding hydrogens is 2130 g/mol. The first kappa shape index (κ1) is 79.0. The van der Waals surface area contributed by atoms with Gasteiger partial charge in [0.05, 0.1) is 22.3 Å². The average Bonchev–Trinajstić information content (AvgIpc) is 3.12. The van der Waals surface area contributed by atoms with Crippen molar-refractivity contribution in [3.8, 4) is 17.2 Å². The van der Waals surface area contributed by atoms with Gasteiger partial charge in [-0.2, -0.15) is 53.4 Å². The van der Waals surface area contributed by atoms with Gasteiger partial charge in [0.2, 0.25) is 4.38 Å². The first-order valence-corrected chi connectivity index (χ1v) is 60.0. The number of phenols is 1. The number of carbonyl (C=O) groups is 1. The van der Waals surface area contributed by atoms with Gasteiger partial charge in [0.15, 0.2) is 0 Å². The van der Waals surface area contributed by atoms with Crippen LogP contribution in [-0.4, -0.2) is 38.1 Å². The van der Waals surface area contributed by atoms with Crippen molar-refractivity contribution in [1.82, 2.24) is 0 Å². The Morgan fingerprint density at radius 2 is 1.02 bits per heavy atom. The molecule has 0 aromatic heterocycles. The predicted octanol–water partition coefficient (Wildman–Crippen LogP) is 20.8. The van der Waals surface area contributed by atoms with Gasteiger partial charge in [0, 0.05) is 0 Å². The van der Waals surface area contributed by atoms with E-state index >= 15 is 0 Å². The van der Waals surface area contributed by atoms with Gasteiger partial charge in [-0.05, 0) is 103 Å². The fraction of sp³-hybridized carbons (Fsp3) is 0.312. The normalized spacial score (nSPS) is 10.4. The van der Waals surface area contributed by atoms with Crippen LogP contribution in [0.2, 0.25) is 0 Å². The second-order valence-corrected chi connectivity index (χ2v) is 106. The van der Waals surface area contributed by atoms with E-state index in [1.54, 1.807) is 27.0 Å². The van der Waals surface area contributed by atoms with Crippen molar-refractivity contribution in [2.24, 2.45) is 0 Å². The second-order valence-electron chi connectivity index (χ2n) is 9.16. The molecular formula is C32H33F12I10O5S2V2-2. The van der Waals surface area contributed by atoms with Crippen LogP contribution in [0.4, 0.5) is 52.7 Å². The molecule has 2 N–H and O–H groups in total. The predicted molar refractivity (Wildman–Crippen MR) is 314 cm³/mol. The summed E-state index contributed by atoms with van der Waals surface area (Å²) in [7, 11) is 0.274. The van der Waals surface area contributed by atoms with Gasteiger partial charge in [-0.1, -0.05) is 34.4 Å². The zero-order valence-electron chi connectivity index (χ0n) is 32.3. The molecule has 63 heavy (non-hydrogen) atoms. The average molecular weight is 2160 g/mol. The molecule has 5 nitrogen and oxygen atoms in total. The molecule has 0 atom stereocenters. The molecule has 0 saturated heterocycles. The molecule has 0 amide bonds. The van der Waals surface area contributed by atoms with E-state index in [0.717, 1.165) is 18.2 Å². The summed E-state index contributed by atoms with van der Waals surface area (Å²) in [6.07, 6.45) is -17.2. The van der Waals surface area contributed by atoms with Crippen LogP contribution in [0.5, 0.6) is 17.2 Å². The van der Waals surface area contributed by atoms with Gasteiger partial charge in [0.1, 0.15) is 17.2 Å². The third kappa shape index (κ3) is 51.3. The molecule has 31 heteroatoms. The topological polar surface area (TPSA) is 76.0 Å². The molecule has 0 aliphatic rings. The molecule has 0 bridgehead atoms. The zero-order valence-corrected chi connectivity index (χ0v) is 58.3. The molecule has 0 heterocycles. The molecule has 0 unspecified atom stereocenters. The molecule has 3 aromatic carbocycles. The maximum atomic E-state index is 12.5. The van der Waals surface area contributed by atoms with Crippen molar-refractivity contribution in [3.05, 3.63) is 102 Å². The number of rotatable bonds is 3. The van der Waals surface area contributed by atoms with E-state index in [2.05, 4.69) is 197 Å². The Labute approximate surface area is 485 Å². The van der Waals surface area contributed by atoms with Crippen LogP contribution in [0.25, 0.3) is 0 Å². The third-order valence-corrected chi connectivity index (χ3v) is 5.85. The fourth-order valence-electron chi connectivity index (χ4n) is 3.11. The maximum absolute atomic E-state index is 12.5. The number of ether oxygens (including phenoxy) is 2. The molecule has 0 aliphatic heterocycles. The first-order chi connectivity index (χ1) is 28.6. The Bertz CT molecular complexity index is 1650. The number of halogens is 22. The number of aromatic carboxylic acids is 1. The van der Waals surface area contributed by atoms with Gasteiger partial charge in [-0.15, -0.1) is 13.2 Å². The number of aryl methyl sites for hydroxylation is 2. The van der Waals surface area contributed by atoms with Crippen molar-refractivity contribution in [2.75, 3.05) is 11.2 Å². The Morgan fingerprint density at radius 1 is 0.698 bits per heavy atom. The summed E-state index contributed by atoms with van der Waals surface area (Å²) >= 11 is 27.6. The van der Waals surface area contributed by atoms with E-state index in [-0.39, 0.29) is 40.8 Å². The Kier molecular flexibility index (Phi) is 55.3. The Balaban J connectivity index is -0.000000165. The summed E-state index contributed by atoms with van der Waals surface area (Å²) in [6, 6.07) is 7.11. The van der Waals surface area contributed by atoms with E-state index in [1.165, 1.54) is 30.8 Å². The number of thioether (sulfide) groups is 1. The fourth-order valence-corrected chi connectivity index (χ4v) is 3.39. The molecule has 0 spiro atoms. The number of hydrogen-bond donors (Lipinski definition) is 2. The Hall–Kier alpha value is 4.60. The molecule has 3 rings (SSSR count). The number of alkyl halides is 13. The minimum absolute atomic E-state index is 0.0694. The van der Waals surface area contributed by atoms with Crippen molar-refractivity contribution in [2.45, 2.75) is 52.6 Å². The van der Waals surface area contributed by atoms with E-state index in [4.69, 9.17) is 27.2 Å². The van der Waals surface area contributed by atoms with Crippen molar-refractivity contribution in [1.29, 1.82) is 0 Å². The quantitative estimate of drug-likeness (QED) is 0.0890. The van der Waals surface area contributed by atoms with Crippen LogP contribution >= 0.6 is 210 Å². The molecule has 3 aromatic rings. The van der Waals surface area contributed by atoms with Gasteiger partial charge >= 0.3 is 209 Å². The molecule has 0 fully saturated rings. The van der Waals surface area contributed by atoms with Crippen molar-refractivity contribution in [3.63, 3.8) is 0 Å². The van der Waals surface area contributed by atoms with Crippen LogP contribution < -0.4 is 9.47 Å². The van der Waals surface area contributed by atoms with Gasteiger partial charge < -0.3 is 33.5 Å². The van der Waals surface area contributed by atoms with Crippen LogP contribution in [0.15, 0.2) is 54.6 Å². The third-order valence-electron chi connectivity index (χ3n) is 4.85. The standard InChI is InChI=1S/C10H9F3OS2.C9H4F6O3.C8H7F3O.2C2H5.CH3I.I4.5HI.2V/c1-6-3-7(10(11,12)13)5-8(4-6)14-9(15)16-2;10-8(11,12)5-1-4(7(16)17)2-6(3-5)18-9(13,14)15;1-5-2-6(8(9,10)11)4-7(12)3-5;3*1-2;1-4(2)3;;;;;;;/h3-5H,1-2H3;1-3H,(H,16,17);2-4,12H,1H3;2*1H2,2H3;1H3;;5*1H;;/q;;;2*-1;;;;;;;;+2;+3/p-5. The second kappa shape index (κ2) is 44.1. The molecule has 0 aliphatic carbocycles. The van der Waals surface area contributed by atoms with Crippen molar-refractivity contribution >= 4 is 221 Å². The van der Waals surface area contributed by atoms with E-state index < -0.39 is 58.9 Å². The van der Waals surface area contributed by atoms with Crippen molar-refractivity contribution < 1.29 is 91.6 Å². The first-order valence-electron chi connectivity index (χ1n) is 14.8. The van der Waals surface area contributed by atoms with Crippen LogP contribution in [0.3, 0.4) is 0 Å². The van der Waals surface area contributed by atoms with Gasteiger partial charge in [-0.3, -0.25) is 0 Å². The van der Waals surface area contributed by atoms with Crippen LogP contribution in [0, 0.1) is 27.7 Å². The summed E-state index contributed by atoms with van der Waals surface area (Å²) in [5.41, 5.74) is -3.17. The summed E-state index contributed by atoms with van der Waals surface area (Å²) in [6.45, 7) is 13.1. The van der Waals surface area contributed by atoms with Crippen LogP contribution in [0.1, 0.15) is 52.0 Å². The number of aromatic hydroxyl groups is 1. The van der Waals surface area contributed by atoms with E-state index in [0.29, 0.717) is 32.7 Å². The summed E-state index contributed by atoms with van der Waals surface area (Å²) in [4.78, 5) is 12.2. The number of carboxylic acids is 1. The molecule has 369 valence electrons. The van der Waals surface area contributed by atoms with Gasteiger partial charge in [0.25, 0.3) is 0 Å². The van der Waals surface area contributed by atoms with E-state index in [1.807, 2.05) is 4.93 Å².